The Balaban J connectivity index is 1.51. The molecule has 2 N–H and O–H groups in total. The van der Waals surface area contributed by atoms with Crippen molar-refractivity contribution in [1.82, 2.24) is 15.3 Å². The highest BCUT2D eigenvalue weighted by atomic mass is 32.2. The first-order valence-corrected chi connectivity index (χ1v) is 14.6. The maximum absolute atomic E-state index is 13.9. The van der Waals surface area contributed by atoms with E-state index in [1.807, 2.05) is 13.8 Å². The van der Waals surface area contributed by atoms with Crippen molar-refractivity contribution in [2.75, 3.05) is 36.5 Å². The molecule has 2 amide bonds. The second-order valence-electron chi connectivity index (χ2n) is 10.2. The summed E-state index contributed by atoms with van der Waals surface area (Å²) in [5.41, 5.74) is 2.43. The second kappa shape index (κ2) is 11.1. The van der Waals surface area contributed by atoms with E-state index in [0.717, 1.165) is 5.56 Å². The lowest BCUT2D eigenvalue weighted by molar-refractivity contribution is 0.0985. The first kappa shape index (κ1) is 27.9. The van der Waals surface area contributed by atoms with Crippen LogP contribution in [0.2, 0.25) is 0 Å². The van der Waals surface area contributed by atoms with Crippen molar-refractivity contribution in [1.29, 1.82) is 0 Å². The predicted molar refractivity (Wildman–Crippen MR) is 147 cm³/mol. The number of halogens is 2. The van der Waals surface area contributed by atoms with Gasteiger partial charge in [0, 0.05) is 23.9 Å². The average molecular weight is 572 g/mol. The normalized spacial score (nSPS) is 18.4. The Hall–Kier alpha value is -3.64. The molecule has 40 heavy (non-hydrogen) atoms. The fourth-order valence-corrected chi connectivity index (χ4v) is 6.74. The minimum atomic E-state index is -3.73. The number of urea groups is 1. The number of nitrogens with zero attached hydrogens (tertiary/aromatic N) is 3. The summed E-state index contributed by atoms with van der Waals surface area (Å²) < 4.78 is 57.0. The summed E-state index contributed by atoms with van der Waals surface area (Å²) in [4.78, 5) is 23.8. The number of morpholine rings is 1. The smallest absolute Gasteiger partial charge is 0.319 e. The molecule has 1 aliphatic heterocycles. The van der Waals surface area contributed by atoms with Crippen LogP contribution in [0.4, 0.5) is 25.1 Å². The summed E-state index contributed by atoms with van der Waals surface area (Å²) >= 11 is 0. The number of benzene rings is 2. The SMILES string of the molecule is Cc1ccc(S(=O)(=O)C2(c3cc(N4CCOC[C@@H]4C)nc(-c4ccc(NC(=O)NCC(F)F)cc4)n3)CC2)cc1. The molecule has 2 aliphatic rings. The van der Waals surface area contributed by atoms with Gasteiger partial charge in [0.2, 0.25) is 0 Å². The highest BCUT2D eigenvalue weighted by molar-refractivity contribution is 7.92. The summed E-state index contributed by atoms with van der Waals surface area (Å²) in [5, 5.41) is 4.60. The number of anilines is 2. The maximum atomic E-state index is 13.9. The van der Waals surface area contributed by atoms with E-state index in [4.69, 9.17) is 14.7 Å². The van der Waals surface area contributed by atoms with E-state index in [2.05, 4.69) is 15.5 Å². The number of rotatable bonds is 8. The molecule has 9 nitrogen and oxygen atoms in total. The molecular formula is C28H31F2N5O4S. The molecule has 1 saturated carbocycles. The number of sulfone groups is 1. The van der Waals surface area contributed by atoms with E-state index in [9.17, 15) is 22.0 Å². The van der Waals surface area contributed by atoms with Crippen molar-refractivity contribution < 1.29 is 26.7 Å². The third-order valence-corrected chi connectivity index (χ3v) is 9.75. The van der Waals surface area contributed by atoms with Gasteiger partial charge in [-0.05, 0) is 63.1 Å². The van der Waals surface area contributed by atoms with Gasteiger partial charge in [0.05, 0.1) is 36.4 Å². The zero-order valence-electron chi connectivity index (χ0n) is 22.2. The van der Waals surface area contributed by atoms with E-state index in [1.165, 1.54) is 0 Å². The molecule has 0 radical (unpaired) electrons. The van der Waals surface area contributed by atoms with Gasteiger partial charge in [-0.25, -0.2) is 32.0 Å². The van der Waals surface area contributed by atoms with Crippen LogP contribution in [0, 0.1) is 6.92 Å². The molecule has 12 heteroatoms. The molecule has 2 heterocycles. The molecule has 212 valence electrons. The van der Waals surface area contributed by atoms with Gasteiger partial charge in [0.1, 0.15) is 10.6 Å². The Morgan fingerprint density at radius 1 is 1.12 bits per heavy atom. The topological polar surface area (TPSA) is 114 Å². The highest BCUT2D eigenvalue weighted by Gasteiger charge is 2.58. The van der Waals surface area contributed by atoms with E-state index in [1.54, 1.807) is 54.6 Å². The van der Waals surface area contributed by atoms with Gasteiger partial charge >= 0.3 is 6.03 Å². The Morgan fingerprint density at radius 3 is 2.45 bits per heavy atom. The summed E-state index contributed by atoms with van der Waals surface area (Å²) in [6.45, 7) is 4.84. The highest BCUT2D eigenvalue weighted by Crippen LogP contribution is 2.55. The third kappa shape index (κ3) is 5.64. The minimum absolute atomic E-state index is 0.0338. The standard InChI is InChI=1S/C28H31F2N5O4S/c1-18-3-9-22(10-4-18)40(37,38)28(11-12-28)23-15-25(35-13-14-39-17-19(35)2)34-26(33-23)20-5-7-21(8-6-20)32-27(36)31-16-24(29)30/h3-10,15,19,24H,11-14,16-17H2,1-2H3,(H2,31,32,36)/t19-/m0/s1. The third-order valence-electron chi connectivity index (χ3n) is 7.21. The van der Waals surface area contributed by atoms with Crippen LogP contribution in [0.5, 0.6) is 0 Å². The molecule has 2 fully saturated rings. The van der Waals surface area contributed by atoms with Gasteiger partial charge in [-0.3, -0.25) is 0 Å². The minimum Gasteiger partial charge on any atom is -0.377 e. The summed E-state index contributed by atoms with van der Waals surface area (Å²) in [7, 11) is -3.73. The van der Waals surface area contributed by atoms with Crippen LogP contribution < -0.4 is 15.5 Å². The average Bonchev–Trinajstić information content (AvgIpc) is 3.76. The number of hydrogen-bond acceptors (Lipinski definition) is 7. The molecule has 1 aromatic heterocycles. The van der Waals surface area contributed by atoms with Crippen LogP contribution in [0.15, 0.2) is 59.5 Å². The number of nitrogens with one attached hydrogen (secondary N) is 2. The number of ether oxygens (including phenoxy) is 1. The Morgan fingerprint density at radius 2 is 1.82 bits per heavy atom. The summed E-state index contributed by atoms with van der Waals surface area (Å²) in [5.74, 6) is 0.972. The van der Waals surface area contributed by atoms with Gasteiger partial charge in [-0.1, -0.05) is 17.7 Å². The molecule has 3 aromatic rings. The van der Waals surface area contributed by atoms with E-state index in [-0.39, 0.29) is 10.9 Å². The number of aryl methyl sites for hydroxylation is 1. The number of carbonyl (C=O) groups excluding carboxylic acids is 1. The Bertz CT molecular complexity index is 1480. The Kier molecular flexibility index (Phi) is 7.74. The van der Waals surface area contributed by atoms with Crippen molar-refractivity contribution in [3.8, 4) is 11.4 Å². The van der Waals surface area contributed by atoms with Crippen LogP contribution in [0.1, 0.15) is 31.0 Å². The lowest BCUT2D eigenvalue weighted by Crippen LogP contribution is -2.44. The quantitative estimate of drug-likeness (QED) is 0.409. The van der Waals surface area contributed by atoms with Crippen LogP contribution >= 0.6 is 0 Å². The molecule has 2 aromatic carbocycles. The lowest BCUT2D eigenvalue weighted by Gasteiger charge is -2.34. The number of hydrogen-bond donors (Lipinski definition) is 2. The van der Waals surface area contributed by atoms with Gasteiger partial charge < -0.3 is 20.3 Å². The molecule has 1 atom stereocenters. The fourth-order valence-electron chi connectivity index (χ4n) is 4.78. The van der Waals surface area contributed by atoms with Crippen molar-refractivity contribution in [3.05, 3.63) is 65.9 Å². The largest absolute Gasteiger partial charge is 0.377 e. The molecule has 1 aliphatic carbocycles. The lowest BCUT2D eigenvalue weighted by atomic mass is 10.1. The zero-order valence-corrected chi connectivity index (χ0v) is 23.0. The van der Waals surface area contributed by atoms with E-state index in [0.29, 0.717) is 61.2 Å². The summed E-state index contributed by atoms with van der Waals surface area (Å²) in [6, 6.07) is 14.6. The fraction of sp³-hybridized carbons (Fsp3) is 0.393. The van der Waals surface area contributed by atoms with Gasteiger partial charge in [0.25, 0.3) is 6.43 Å². The van der Waals surface area contributed by atoms with Gasteiger partial charge in [0.15, 0.2) is 15.7 Å². The molecule has 1 saturated heterocycles. The van der Waals surface area contributed by atoms with Crippen LogP contribution in [0.25, 0.3) is 11.4 Å². The maximum Gasteiger partial charge on any atom is 0.319 e. The first-order valence-electron chi connectivity index (χ1n) is 13.1. The number of aromatic nitrogens is 2. The van der Waals surface area contributed by atoms with Crippen molar-refractivity contribution in [2.24, 2.45) is 0 Å². The van der Waals surface area contributed by atoms with Crippen molar-refractivity contribution in [2.45, 2.75) is 48.8 Å². The number of amides is 2. The second-order valence-corrected chi connectivity index (χ2v) is 12.4. The molecular weight excluding hydrogens is 540 g/mol. The Labute approximate surface area is 231 Å². The van der Waals surface area contributed by atoms with Crippen molar-refractivity contribution >= 4 is 27.4 Å². The predicted octanol–water partition coefficient (Wildman–Crippen LogP) is 4.53. The molecule has 5 rings (SSSR count). The molecule has 0 bridgehead atoms. The van der Waals surface area contributed by atoms with Crippen LogP contribution in [-0.4, -0.2) is 63.2 Å². The van der Waals surface area contributed by atoms with E-state index < -0.39 is 33.6 Å². The monoisotopic (exact) mass is 571 g/mol. The molecule has 0 spiro atoms. The number of alkyl halides is 2. The number of carbonyl (C=O) groups is 1. The van der Waals surface area contributed by atoms with Gasteiger partial charge in [-0.15, -0.1) is 0 Å². The zero-order chi connectivity index (χ0) is 28.5. The van der Waals surface area contributed by atoms with Gasteiger partial charge in [-0.2, -0.15) is 0 Å². The van der Waals surface area contributed by atoms with E-state index >= 15 is 0 Å². The molecule has 0 unspecified atom stereocenters. The first-order chi connectivity index (χ1) is 19.1. The van der Waals surface area contributed by atoms with Crippen LogP contribution in [-0.2, 0) is 19.3 Å². The summed E-state index contributed by atoms with van der Waals surface area (Å²) in [6.07, 6.45) is -1.74. The van der Waals surface area contributed by atoms with Crippen LogP contribution in [0.3, 0.4) is 0 Å². The van der Waals surface area contributed by atoms with Crippen molar-refractivity contribution in [3.63, 3.8) is 0 Å².